The summed E-state index contributed by atoms with van der Waals surface area (Å²) in [6.07, 6.45) is 0. The Bertz CT molecular complexity index is 170. The summed E-state index contributed by atoms with van der Waals surface area (Å²) < 4.78 is 0. The van der Waals surface area contributed by atoms with Crippen LogP contribution in [0.15, 0.2) is 0 Å². The summed E-state index contributed by atoms with van der Waals surface area (Å²) in [6.45, 7) is 10.7. The lowest BCUT2D eigenvalue weighted by Crippen LogP contribution is -2.42. The summed E-state index contributed by atoms with van der Waals surface area (Å²) >= 11 is 0. The lowest BCUT2D eigenvalue weighted by molar-refractivity contribution is 0.189. The summed E-state index contributed by atoms with van der Waals surface area (Å²) in [4.78, 5) is 2.33. The van der Waals surface area contributed by atoms with Gasteiger partial charge in [-0.3, -0.25) is 4.90 Å². The van der Waals surface area contributed by atoms with E-state index in [0.717, 1.165) is 13.1 Å². The Morgan fingerprint density at radius 2 is 1.75 bits per heavy atom. The van der Waals surface area contributed by atoms with Crippen LogP contribution in [0.1, 0.15) is 27.7 Å². The van der Waals surface area contributed by atoms with Crippen LogP contribution in [0.2, 0.25) is 0 Å². The molecule has 2 nitrogen and oxygen atoms in total. The molecule has 0 atom stereocenters. The zero-order chi connectivity index (χ0) is 9.61. The molecule has 0 rings (SSSR count). The Hall–Kier alpha value is -0.680. The van der Waals surface area contributed by atoms with Gasteiger partial charge in [-0.15, -0.1) is 0 Å². The predicted molar refractivity (Wildman–Crippen MR) is 53.8 cm³/mol. The Labute approximate surface area is 76.3 Å². The summed E-state index contributed by atoms with van der Waals surface area (Å²) in [5, 5.41) is 2.84. The quantitative estimate of drug-likeness (QED) is 0.504. The first-order valence-corrected chi connectivity index (χ1v) is 4.52. The molecule has 0 aromatic heterocycles. The van der Waals surface area contributed by atoms with Gasteiger partial charge in [0.25, 0.3) is 0 Å². The van der Waals surface area contributed by atoms with Crippen molar-refractivity contribution in [1.82, 2.24) is 10.2 Å². The number of nitrogens with one attached hydrogen (secondary N) is 1. The fourth-order valence-electron chi connectivity index (χ4n) is 1.31. The Morgan fingerprint density at radius 1 is 1.25 bits per heavy atom. The maximum atomic E-state index is 3.18. The second kappa shape index (κ2) is 5.05. The molecular formula is C10H20N2. The van der Waals surface area contributed by atoms with Crippen molar-refractivity contribution in [3.05, 3.63) is 0 Å². The van der Waals surface area contributed by atoms with E-state index in [9.17, 15) is 0 Å². The van der Waals surface area contributed by atoms with E-state index in [2.05, 4.69) is 49.9 Å². The maximum Gasteiger partial charge on any atom is 0.0786 e. The smallest absolute Gasteiger partial charge is 0.0786 e. The van der Waals surface area contributed by atoms with Gasteiger partial charge in [0.2, 0.25) is 0 Å². The highest BCUT2D eigenvalue weighted by molar-refractivity contribution is 5.13. The van der Waals surface area contributed by atoms with E-state index in [4.69, 9.17) is 0 Å². The highest BCUT2D eigenvalue weighted by atomic mass is 15.2. The molecule has 0 aromatic carbocycles. The molecule has 0 spiro atoms. The van der Waals surface area contributed by atoms with Crippen molar-refractivity contribution in [1.29, 1.82) is 0 Å². The van der Waals surface area contributed by atoms with Gasteiger partial charge in [-0.2, -0.15) is 0 Å². The molecule has 1 N–H and O–H groups in total. The van der Waals surface area contributed by atoms with Gasteiger partial charge in [-0.25, -0.2) is 0 Å². The zero-order valence-corrected chi connectivity index (χ0v) is 8.86. The molecule has 0 amide bonds. The number of rotatable bonds is 3. The van der Waals surface area contributed by atoms with Crippen molar-refractivity contribution < 1.29 is 0 Å². The Kier molecular flexibility index (Phi) is 4.77. The second-order valence-electron chi connectivity index (χ2n) is 3.23. The van der Waals surface area contributed by atoms with Crippen LogP contribution in [-0.4, -0.2) is 30.6 Å². The lowest BCUT2D eigenvalue weighted by Gasteiger charge is -2.32. The average Bonchev–Trinajstić information content (AvgIpc) is 2.03. The van der Waals surface area contributed by atoms with Gasteiger partial charge in [-0.05, 0) is 26.9 Å². The van der Waals surface area contributed by atoms with Crippen LogP contribution in [0.4, 0.5) is 0 Å². The highest BCUT2D eigenvalue weighted by Crippen LogP contribution is 2.11. The normalized spacial score (nSPS) is 10.8. The van der Waals surface area contributed by atoms with Crippen molar-refractivity contribution >= 4 is 0 Å². The van der Waals surface area contributed by atoms with Crippen LogP contribution < -0.4 is 5.32 Å². The third-order valence-electron chi connectivity index (χ3n) is 2.05. The van der Waals surface area contributed by atoms with Crippen LogP contribution in [0.25, 0.3) is 0 Å². The molecule has 0 aliphatic carbocycles. The summed E-state index contributed by atoms with van der Waals surface area (Å²) in [7, 11) is 1.84. The largest absolute Gasteiger partial charge is 0.349 e. The molecule has 70 valence electrons. The lowest BCUT2D eigenvalue weighted by atomic mass is 10.0. The van der Waals surface area contributed by atoms with E-state index in [1.165, 1.54) is 0 Å². The molecule has 12 heavy (non-hydrogen) atoms. The fourth-order valence-corrected chi connectivity index (χ4v) is 1.31. The SMILES string of the molecule is CCN(CC)C(C)(C)C#CNC. The molecular weight excluding hydrogens is 148 g/mol. The Morgan fingerprint density at radius 3 is 2.08 bits per heavy atom. The third-order valence-corrected chi connectivity index (χ3v) is 2.05. The number of nitrogens with zero attached hydrogens (tertiary/aromatic N) is 1. The first kappa shape index (κ1) is 11.3. The molecule has 0 aliphatic heterocycles. The van der Waals surface area contributed by atoms with Gasteiger partial charge < -0.3 is 5.32 Å². The minimum absolute atomic E-state index is 0.0213. The van der Waals surface area contributed by atoms with Gasteiger partial charge in [-0.1, -0.05) is 19.8 Å². The van der Waals surface area contributed by atoms with E-state index in [1.54, 1.807) is 0 Å². The van der Waals surface area contributed by atoms with Crippen LogP contribution >= 0.6 is 0 Å². The molecule has 0 fully saturated rings. The van der Waals surface area contributed by atoms with Gasteiger partial charge in [0.1, 0.15) is 0 Å². The molecule has 0 bridgehead atoms. The second-order valence-corrected chi connectivity index (χ2v) is 3.23. The summed E-state index contributed by atoms with van der Waals surface area (Å²) in [5.41, 5.74) is -0.0213. The van der Waals surface area contributed by atoms with E-state index < -0.39 is 0 Å². The molecule has 0 heterocycles. The molecule has 0 unspecified atom stereocenters. The predicted octanol–water partition coefficient (Wildman–Crippen LogP) is 1.29. The van der Waals surface area contributed by atoms with Gasteiger partial charge in [0.05, 0.1) is 5.54 Å². The average molecular weight is 168 g/mol. The van der Waals surface area contributed by atoms with E-state index in [-0.39, 0.29) is 5.54 Å². The number of hydrogen-bond donors (Lipinski definition) is 1. The number of hydrogen-bond acceptors (Lipinski definition) is 2. The molecule has 2 heteroatoms. The van der Waals surface area contributed by atoms with E-state index in [1.807, 2.05) is 7.05 Å². The topological polar surface area (TPSA) is 15.3 Å². The molecule has 0 radical (unpaired) electrons. The zero-order valence-electron chi connectivity index (χ0n) is 8.86. The van der Waals surface area contributed by atoms with E-state index >= 15 is 0 Å². The van der Waals surface area contributed by atoms with Crippen molar-refractivity contribution in [3.8, 4) is 12.0 Å². The first-order chi connectivity index (χ1) is 5.58. The molecule has 0 aliphatic rings. The standard InChI is InChI=1S/C10H20N2/c1-6-12(7-2)10(3,4)8-9-11-5/h11H,6-7H2,1-5H3. The minimum atomic E-state index is -0.0213. The van der Waals surface area contributed by atoms with Gasteiger partial charge >= 0.3 is 0 Å². The molecule has 0 saturated heterocycles. The highest BCUT2D eigenvalue weighted by Gasteiger charge is 2.20. The van der Waals surface area contributed by atoms with Gasteiger partial charge in [0.15, 0.2) is 0 Å². The molecule has 0 aromatic rings. The monoisotopic (exact) mass is 168 g/mol. The fraction of sp³-hybridized carbons (Fsp3) is 0.800. The summed E-state index contributed by atoms with van der Waals surface area (Å²) in [5.74, 6) is 3.18. The maximum absolute atomic E-state index is 3.18. The van der Waals surface area contributed by atoms with Crippen LogP contribution in [0.5, 0.6) is 0 Å². The van der Waals surface area contributed by atoms with Crippen LogP contribution in [0, 0.1) is 12.0 Å². The van der Waals surface area contributed by atoms with Crippen LogP contribution in [-0.2, 0) is 0 Å². The van der Waals surface area contributed by atoms with Crippen molar-refractivity contribution in [2.24, 2.45) is 0 Å². The van der Waals surface area contributed by atoms with Gasteiger partial charge in [0, 0.05) is 13.1 Å². The van der Waals surface area contributed by atoms with E-state index in [0.29, 0.717) is 0 Å². The van der Waals surface area contributed by atoms with Crippen molar-refractivity contribution in [3.63, 3.8) is 0 Å². The summed E-state index contributed by atoms with van der Waals surface area (Å²) in [6, 6.07) is 2.90. The first-order valence-electron chi connectivity index (χ1n) is 4.52. The van der Waals surface area contributed by atoms with Crippen molar-refractivity contribution in [2.45, 2.75) is 33.2 Å². The molecule has 0 saturated carbocycles. The Balaban J connectivity index is 4.34. The minimum Gasteiger partial charge on any atom is -0.349 e. The van der Waals surface area contributed by atoms with Crippen LogP contribution in [0.3, 0.4) is 0 Å². The van der Waals surface area contributed by atoms with Crippen molar-refractivity contribution in [2.75, 3.05) is 20.1 Å². The third kappa shape index (κ3) is 3.15.